The fourth-order valence-corrected chi connectivity index (χ4v) is 2.75. The monoisotopic (exact) mass is 332 g/mol. The second kappa shape index (κ2) is 5.78. The van der Waals surface area contributed by atoms with Crippen LogP contribution in [0.1, 0.15) is 12.8 Å². The first-order valence-electron chi connectivity index (χ1n) is 6.07. The second-order valence-electron chi connectivity index (χ2n) is 5.00. The van der Waals surface area contributed by atoms with Crippen LogP contribution in [0.25, 0.3) is 0 Å². The van der Waals surface area contributed by atoms with Crippen molar-refractivity contribution in [3.8, 4) is 0 Å². The molecular weight excluding hydrogens is 316 g/mol. The Balaban J connectivity index is 2.12. The van der Waals surface area contributed by atoms with Gasteiger partial charge in [0.15, 0.2) is 0 Å². The number of hydrogen-bond donors (Lipinski definition) is 2. The number of rotatable bonds is 3. The maximum atomic E-state index is 9.69. The summed E-state index contributed by atoms with van der Waals surface area (Å²) in [5.41, 5.74) is 0.782. The van der Waals surface area contributed by atoms with E-state index in [4.69, 9.17) is 11.6 Å². The number of aliphatic hydroxyl groups is 1. The molecule has 18 heavy (non-hydrogen) atoms. The molecule has 1 aliphatic heterocycles. The van der Waals surface area contributed by atoms with Gasteiger partial charge in [-0.05, 0) is 54.0 Å². The number of piperidine rings is 1. The van der Waals surface area contributed by atoms with E-state index >= 15 is 0 Å². The van der Waals surface area contributed by atoms with Gasteiger partial charge in [-0.1, -0.05) is 11.6 Å². The van der Waals surface area contributed by atoms with Crippen molar-refractivity contribution in [1.29, 1.82) is 0 Å². The number of nitrogens with zero attached hydrogens (tertiary/aromatic N) is 1. The molecular formula is C13H18BrClN2O. The molecule has 0 bridgehead atoms. The molecule has 2 rings (SSSR count). The van der Waals surface area contributed by atoms with E-state index in [1.165, 1.54) is 0 Å². The third kappa shape index (κ3) is 3.18. The van der Waals surface area contributed by atoms with Crippen LogP contribution in [0.15, 0.2) is 22.7 Å². The van der Waals surface area contributed by atoms with Crippen molar-refractivity contribution in [2.45, 2.75) is 18.4 Å². The minimum atomic E-state index is -0.209. The van der Waals surface area contributed by atoms with Gasteiger partial charge in [0.25, 0.3) is 0 Å². The molecule has 1 saturated heterocycles. The number of anilines is 1. The Bertz CT molecular complexity index is 419. The van der Waals surface area contributed by atoms with Crippen LogP contribution < -0.4 is 5.32 Å². The van der Waals surface area contributed by atoms with Crippen molar-refractivity contribution in [2.75, 3.05) is 32.1 Å². The number of halogens is 2. The molecule has 0 aromatic heterocycles. The van der Waals surface area contributed by atoms with Crippen molar-refractivity contribution < 1.29 is 5.11 Å². The molecule has 0 amide bonds. The quantitative estimate of drug-likeness (QED) is 0.892. The highest BCUT2D eigenvalue weighted by Gasteiger charge is 2.32. The van der Waals surface area contributed by atoms with Crippen LogP contribution in [0, 0.1) is 0 Å². The molecule has 1 aromatic carbocycles. The Labute approximate surface area is 121 Å². The van der Waals surface area contributed by atoms with Gasteiger partial charge in [-0.15, -0.1) is 0 Å². The first-order valence-corrected chi connectivity index (χ1v) is 7.24. The summed E-state index contributed by atoms with van der Waals surface area (Å²) in [6.07, 6.45) is 1.89. The topological polar surface area (TPSA) is 35.5 Å². The number of hydrogen-bond acceptors (Lipinski definition) is 3. The van der Waals surface area contributed by atoms with Crippen LogP contribution in [0.3, 0.4) is 0 Å². The molecule has 0 aliphatic carbocycles. The minimum absolute atomic E-state index is 0.154. The Morgan fingerprint density at radius 1 is 1.44 bits per heavy atom. The van der Waals surface area contributed by atoms with Crippen molar-refractivity contribution >= 4 is 33.2 Å². The highest BCUT2D eigenvalue weighted by atomic mass is 79.9. The van der Waals surface area contributed by atoms with E-state index in [9.17, 15) is 5.11 Å². The van der Waals surface area contributed by atoms with Crippen LogP contribution in [-0.2, 0) is 0 Å². The average molecular weight is 334 g/mol. The lowest BCUT2D eigenvalue weighted by Crippen LogP contribution is -2.50. The van der Waals surface area contributed by atoms with Gasteiger partial charge in [0, 0.05) is 23.2 Å². The molecule has 3 nitrogen and oxygen atoms in total. The standard InChI is InChI=1S/C13H18BrClN2O/c1-17-6-4-13(9-18,5-7-17)16-10-2-3-12(15)11(14)8-10/h2-3,8,16,18H,4-7,9H2,1H3. The van der Waals surface area contributed by atoms with Crippen LogP contribution in [0.5, 0.6) is 0 Å². The lowest BCUT2D eigenvalue weighted by Gasteiger charge is -2.40. The number of nitrogens with one attached hydrogen (secondary N) is 1. The van der Waals surface area contributed by atoms with Crippen molar-refractivity contribution in [3.05, 3.63) is 27.7 Å². The highest BCUT2D eigenvalue weighted by Crippen LogP contribution is 2.30. The molecule has 100 valence electrons. The first kappa shape index (κ1) is 14.1. The predicted octanol–water partition coefficient (Wildman–Crippen LogP) is 2.97. The van der Waals surface area contributed by atoms with Crippen LogP contribution in [0.4, 0.5) is 5.69 Å². The Morgan fingerprint density at radius 2 is 2.11 bits per heavy atom. The smallest absolute Gasteiger partial charge is 0.0662 e. The zero-order valence-corrected chi connectivity index (χ0v) is 12.8. The fraction of sp³-hybridized carbons (Fsp3) is 0.538. The van der Waals surface area contributed by atoms with E-state index in [2.05, 4.69) is 33.2 Å². The largest absolute Gasteiger partial charge is 0.394 e. The van der Waals surface area contributed by atoms with Gasteiger partial charge in [-0.25, -0.2) is 0 Å². The summed E-state index contributed by atoms with van der Waals surface area (Å²) in [6.45, 7) is 2.16. The third-order valence-corrected chi connectivity index (χ3v) is 4.79. The van der Waals surface area contributed by atoms with Gasteiger partial charge in [0.2, 0.25) is 0 Å². The molecule has 1 heterocycles. The zero-order valence-electron chi connectivity index (χ0n) is 10.4. The molecule has 1 fully saturated rings. The number of likely N-dealkylation sites (tertiary alicyclic amines) is 1. The number of benzene rings is 1. The van der Waals surface area contributed by atoms with Gasteiger partial charge >= 0.3 is 0 Å². The lowest BCUT2D eigenvalue weighted by atomic mass is 9.88. The van der Waals surface area contributed by atoms with Crippen molar-refractivity contribution in [3.63, 3.8) is 0 Å². The normalized spacial score (nSPS) is 19.8. The summed E-state index contributed by atoms with van der Waals surface area (Å²) in [5, 5.41) is 13.9. The Kier molecular flexibility index (Phi) is 4.54. The van der Waals surface area contributed by atoms with Gasteiger partial charge in [0.05, 0.1) is 17.2 Å². The summed E-state index contributed by atoms with van der Waals surface area (Å²) in [5.74, 6) is 0. The van der Waals surface area contributed by atoms with Crippen LogP contribution >= 0.6 is 27.5 Å². The van der Waals surface area contributed by atoms with E-state index in [0.717, 1.165) is 36.1 Å². The summed E-state index contributed by atoms with van der Waals surface area (Å²) in [6, 6.07) is 5.76. The molecule has 0 radical (unpaired) electrons. The summed E-state index contributed by atoms with van der Waals surface area (Å²) in [7, 11) is 2.11. The predicted molar refractivity (Wildman–Crippen MR) is 79.3 cm³/mol. The lowest BCUT2D eigenvalue weighted by molar-refractivity contribution is 0.133. The van der Waals surface area contributed by atoms with Crippen molar-refractivity contribution in [2.24, 2.45) is 0 Å². The van der Waals surface area contributed by atoms with E-state index in [0.29, 0.717) is 5.02 Å². The first-order chi connectivity index (χ1) is 8.54. The van der Waals surface area contributed by atoms with Gasteiger partial charge < -0.3 is 15.3 Å². The SMILES string of the molecule is CN1CCC(CO)(Nc2ccc(Cl)c(Br)c2)CC1. The van der Waals surface area contributed by atoms with Gasteiger partial charge in [-0.2, -0.15) is 0 Å². The Hall–Kier alpha value is -0.290. The molecule has 5 heteroatoms. The highest BCUT2D eigenvalue weighted by molar-refractivity contribution is 9.10. The van der Waals surface area contributed by atoms with Gasteiger partial charge in [0.1, 0.15) is 0 Å². The fourth-order valence-electron chi connectivity index (χ4n) is 2.25. The molecule has 0 unspecified atom stereocenters. The van der Waals surface area contributed by atoms with E-state index < -0.39 is 0 Å². The molecule has 2 N–H and O–H groups in total. The zero-order chi connectivity index (χ0) is 13.2. The molecule has 0 spiro atoms. The molecule has 0 atom stereocenters. The van der Waals surface area contributed by atoms with Crippen molar-refractivity contribution in [1.82, 2.24) is 4.90 Å². The summed E-state index contributed by atoms with van der Waals surface area (Å²) >= 11 is 9.40. The third-order valence-electron chi connectivity index (χ3n) is 3.58. The van der Waals surface area contributed by atoms with E-state index in [1.54, 1.807) is 0 Å². The number of aliphatic hydroxyl groups excluding tert-OH is 1. The average Bonchev–Trinajstić information content (AvgIpc) is 2.37. The second-order valence-corrected chi connectivity index (χ2v) is 6.26. The van der Waals surface area contributed by atoms with Crippen LogP contribution in [0.2, 0.25) is 5.02 Å². The maximum Gasteiger partial charge on any atom is 0.0662 e. The molecule has 1 aromatic rings. The van der Waals surface area contributed by atoms with Gasteiger partial charge in [-0.3, -0.25) is 0 Å². The molecule has 0 saturated carbocycles. The van der Waals surface area contributed by atoms with E-state index in [1.807, 2.05) is 18.2 Å². The van der Waals surface area contributed by atoms with Crippen LogP contribution in [-0.4, -0.2) is 42.3 Å². The summed E-state index contributed by atoms with van der Waals surface area (Å²) < 4.78 is 0.871. The summed E-state index contributed by atoms with van der Waals surface area (Å²) in [4.78, 5) is 2.29. The Morgan fingerprint density at radius 3 is 2.67 bits per heavy atom. The maximum absolute atomic E-state index is 9.69. The van der Waals surface area contributed by atoms with E-state index in [-0.39, 0.29) is 12.1 Å². The molecule has 1 aliphatic rings. The minimum Gasteiger partial charge on any atom is -0.394 e.